The maximum absolute atomic E-state index is 10.8. The number of benzene rings is 3. The average molecular weight is 346 g/mol. The van der Waals surface area contributed by atoms with E-state index in [9.17, 15) is 10.1 Å². The number of nitro benzene ring substituents is 1. The number of anilines is 1. The molecule has 0 bridgehead atoms. The maximum atomic E-state index is 10.8. The molecule has 1 aliphatic rings. The zero-order valence-corrected chi connectivity index (χ0v) is 14.3. The highest BCUT2D eigenvalue weighted by atomic mass is 16.6. The quantitative estimate of drug-likeness (QED) is 0.337. The summed E-state index contributed by atoms with van der Waals surface area (Å²) in [6.45, 7) is 0. The summed E-state index contributed by atoms with van der Waals surface area (Å²) >= 11 is 0. The van der Waals surface area contributed by atoms with E-state index < -0.39 is 4.92 Å². The van der Waals surface area contributed by atoms with Crippen molar-refractivity contribution in [1.82, 2.24) is 0 Å². The minimum Gasteiger partial charge on any atom is -0.369 e. The third-order valence-corrected chi connectivity index (χ3v) is 4.88. The van der Waals surface area contributed by atoms with Crippen LogP contribution in [0, 0.1) is 10.1 Å². The molecule has 130 valence electrons. The first-order valence-corrected chi connectivity index (χ1v) is 8.40. The molecule has 0 heterocycles. The molecule has 1 aliphatic carbocycles. The van der Waals surface area contributed by atoms with Gasteiger partial charge in [-0.05, 0) is 47.6 Å². The molecule has 0 radical (unpaired) electrons. The van der Waals surface area contributed by atoms with E-state index >= 15 is 0 Å². The molecule has 0 aliphatic heterocycles. The van der Waals surface area contributed by atoms with Crippen LogP contribution in [0.1, 0.15) is 11.1 Å². The molecule has 0 saturated heterocycles. The number of aryl methyl sites for hydroxylation is 2. The molecular formula is C20H18N4O2. The lowest BCUT2D eigenvalue weighted by molar-refractivity contribution is -0.384. The van der Waals surface area contributed by atoms with Crippen molar-refractivity contribution in [2.75, 3.05) is 11.9 Å². The Balaban J connectivity index is 1.70. The van der Waals surface area contributed by atoms with Gasteiger partial charge >= 0.3 is 0 Å². The van der Waals surface area contributed by atoms with Crippen LogP contribution in [0.5, 0.6) is 0 Å². The molecule has 0 atom stereocenters. The summed E-state index contributed by atoms with van der Waals surface area (Å²) in [5, 5.41) is 13.2. The van der Waals surface area contributed by atoms with Crippen molar-refractivity contribution >= 4 is 33.8 Å². The lowest BCUT2D eigenvalue weighted by atomic mass is 10.0. The molecule has 0 unspecified atom stereocenters. The van der Waals surface area contributed by atoms with Gasteiger partial charge in [-0.2, -0.15) is 0 Å². The molecule has 0 spiro atoms. The van der Waals surface area contributed by atoms with Crippen molar-refractivity contribution in [2.45, 2.75) is 12.8 Å². The van der Waals surface area contributed by atoms with Crippen LogP contribution in [0.15, 0.2) is 59.6 Å². The second-order valence-corrected chi connectivity index (χ2v) is 6.39. The molecule has 2 N–H and O–H groups in total. The van der Waals surface area contributed by atoms with Crippen LogP contribution in [0.4, 0.5) is 17.1 Å². The maximum Gasteiger partial charge on any atom is 0.269 e. The van der Waals surface area contributed by atoms with Gasteiger partial charge in [0.15, 0.2) is 0 Å². The molecule has 4 rings (SSSR count). The highest BCUT2D eigenvalue weighted by Crippen LogP contribution is 2.36. The molecular weight excluding hydrogens is 328 g/mol. The number of guanidine groups is 1. The Morgan fingerprint density at radius 3 is 2.46 bits per heavy atom. The first-order valence-electron chi connectivity index (χ1n) is 8.40. The molecule has 0 amide bonds. The zero-order valence-electron chi connectivity index (χ0n) is 14.3. The molecule has 0 aromatic heterocycles. The Bertz CT molecular complexity index is 1030. The second kappa shape index (κ2) is 6.15. The van der Waals surface area contributed by atoms with E-state index in [0.29, 0.717) is 5.96 Å². The number of hydrogen-bond donors (Lipinski definition) is 1. The Kier molecular flexibility index (Phi) is 3.80. The average Bonchev–Trinajstić information content (AvgIpc) is 3.08. The van der Waals surface area contributed by atoms with Gasteiger partial charge in [-0.15, -0.1) is 0 Å². The molecule has 3 aromatic rings. The summed E-state index contributed by atoms with van der Waals surface area (Å²) in [7, 11) is 1.79. The minimum atomic E-state index is -0.423. The SMILES string of the molecule is CN(C(N)=Nc1ccc2c3c(cccc13)CC2)c1ccc([N+](=O)[O-])cc1. The van der Waals surface area contributed by atoms with Crippen molar-refractivity contribution in [3.8, 4) is 0 Å². The lowest BCUT2D eigenvalue weighted by Gasteiger charge is -2.18. The minimum absolute atomic E-state index is 0.0464. The second-order valence-electron chi connectivity index (χ2n) is 6.39. The smallest absolute Gasteiger partial charge is 0.269 e. The number of nitrogens with two attached hydrogens (primary N) is 1. The highest BCUT2D eigenvalue weighted by molar-refractivity contribution is 6.02. The Morgan fingerprint density at radius 1 is 1.08 bits per heavy atom. The van der Waals surface area contributed by atoms with Crippen LogP contribution in [-0.4, -0.2) is 17.9 Å². The number of non-ortho nitro benzene ring substituents is 1. The number of nitro groups is 1. The Hall–Kier alpha value is -3.41. The molecule has 6 nitrogen and oxygen atoms in total. The standard InChI is InChI=1S/C20H18N4O2/c1-23(15-8-10-16(11-9-15)24(25)26)20(21)22-18-12-7-14-6-5-13-3-2-4-17(18)19(13)14/h2-4,7-12H,5-6H2,1H3,(H2,21,22). The van der Waals surface area contributed by atoms with Crippen LogP contribution < -0.4 is 10.6 Å². The van der Waals surface area contributed by atoms with E-state index in [4.69, 9.17) is 5.73 Å². The van der Waals surface area contributed by atoms with E-state index in [1.54, 1.807) is 24.1 Å². The fourth-order valence-corrected chi connectivity index (χ4v) is 3.46. The number of rotatable bonds is 3. The van der Waals surface area contributed by atoms with Crippen molar-refractivity contribution in [3.05, 3.63) is 75.8 Å². The Labute approximate surface area is 150 Å². The van der Waals surface area contributed by atoms with Gasteiger partial charge in [-0.1, -0.05) is 24.3 Å². The van der Waals surface area contributed by atoms with E-state index in [-0.39, 0.29) is 5.69 Å². The predicted octanol–water partition coefficient (Wildman–Crippen LogP) is 3.93. The summed E-state index contributed by atoms with van der Waals surface area (Å²) in [5.41, 5.74) is 10.5. The molecule has 3 aromatic carbocycles. The van der Waals surface area contributed by atoms with Gasteiger partial charge in [0, 0.05) is 30.3 Å². The monoisotopic (exact) mass is 346 g/mol. The van der Waals surface area contributed by atoms with Gasteiger partial charge in [0.05, 0.1) is 10.6 Å². The van der Waals surface area contributed by atoms with Crippen LogP contribution in [0.25, 0.3) is 10.8 Å². The van der Waals surface area contributed by atoms with E-state index in [2.05, 4.69) is 29.3 Å². The summed E-state index contributed by atoms with van der Waals surface area (Å²) in [4.78, 5) is 16.7. The zero-order chi connectivity index (χ0) is 18.3. The van der Waals surface area contributed by atoms with Crippen molar-refractivity contribution in [1.29, 1.82) is 0 Å². The van der Waals surface area contributed by atoms with Gasteiger partial charge < -0.3 is 10.6 Å². The predicted molar refractivity (Wildman–Crippen MR) is 104 cm³/mol. The van der Waals surface area contributed by atoms with Gasteiger partial charge in [-0.25, -0.2) is 4.99 Å². The van der Waals surface area contributed by atoms with Crippen molar-refractivity contribution in [3.63, 3.8) is 0 Å². The van der Waals surface area contributed by atoms with Crippen LogP contribution in [-0.2, 0) is 12.8 Å². The van der Waals surface area contributed by atoms with E-state index in [0.717, 1.165) is 29.6 Å². The molecule has 0 saturated carbocycles. The van der Waals surface area contributed by atoms with Crippen molar-refractivity contribution < 1.29 is 4.92 Å². The first-order chi connectivity index (χ1) is 12.5. The topological polar surface area (TPSA) is 84.8 Å². The van der Waals surface area contributed by atoms with Crippen LogP contribution >= 0.6 is 0 Å². The highest BCUT2D eigenvalue weighted by Gasteiger charge is 2.16. The van der Waals surface area contributed by atoms with E-state index in [1.807, 2.05) is 6.07 Å². The first kappa shape index (κ1) is 16.1. The van der Waals surface area contributed by atoms with Crippen LogP contribution in [0.3, 0.4) is 0 Å². The van der Waals surface area contributed by atoms with Gasteiger partial charge in [-0.3, -0.25) is 10.1 Å². The third-order valence-electron chi connectivity index (χ3n) is 4.88. The molecule has 0 fully saturated rings. The van der Waals surface area contributed by atoms with Gasteiger partial charge in [0.25, 0.3) is 5.69 Å². The summed E-state index contributed by atoms with van der Waals surface area (Å²) < 4.78 is 0. The lowest BCUT2D eigenvalue weighted by Crippen LogP contribution is -2.33. The summed E-state index contributed by atoms with van der Waals surface area (Å²) in [6, 6.07) is 16.7. The normalized spacial score (nSPS) is 13.2. The van der Waals surface area contributed by atoms with Gasteiger partial charge in [0.1, 0.15) is 0 Å². The fraction of sp³-hybridized carbons (Fsp3) is 0.150. The number of hydrogen-bond acceptors (Lipinski definition) is 3. The Morgan fingerprint density at radius 2 is 1.77 bits per heavy atom. The summed E-state index contributed by atoms with van der Waals surface area (Å²) in [5.74, 6) is 0.331. The van der Waals surface area contributed by atoms with Crippen molar-refractivity contribution in [2.24, 2.45) is 10.7 Å². The summed E-state index contributed by atoms with van der Waals surface area (Å²) in [6.07, 6.45) is 2.13. The fourth-order valence-electron chi connectivity index (χ4n) is 3.46. The molecule has 26 heavy (non-hydrogen) atoms. The molecule has 6 heteroatoms. The van der Waals surface area contributed by atoms with Gasteiger partial charge in [0.2, 0.25) is 5.96 Å². The number of nitrogens with zero attached hydrogens (tertiary/aromatic N) is 3. The largest absolute Gasteiger partial charge is 0.369 e. The number of aliphatic imine (C=N–C) groups is 1. The third kappa shape index (κ3) is 2.65. The van der Waals surface area contributed by atoms with E-state index in [1.165, 1.54) is 28.6 Å². The van der Waals surface area contributed by atoms with Crippen LogP contribution in [0.2, 0.25) is 0 Å².